The van der Waals surface area contributed by atoms with Gasteiger partial charge in [-0.2, -0.15) is 10.5 Å². The Labute approximate surface area is 237 Å². The van der Waals surface area contributed by atoms with Gasteiger partial charge in [-0.25, -0.2) is 0 Å². The van der Waals surface area contributed by atoms with Gasteiger partial charge < -0.3 is 14.7 Å². The first-order chi connectivity index (χ1) is 19.5. The third-order valence-electron chi connectivity index (χ3n) is 8.28. The molecule has 0 spiro atoms. The average Bonchev–Trinajstić information content (AvgIpc) is 3.00. The summed E-state index contributed by atoms with van der Waals surface area (Å²) in [6, 6.07) is 24.4. The SMILES string of the molecule is Cc1cc(C)c(C(=O)N2CCN(c3ccccc3C#N)CC2)cc1CCN1CCN(c2ccccc2C#N)CC1. The number of rotatable bonds is 6. The van der Waals surface area contributed by atoms with E-state index in [1.165, 1.54) is 11.1 Å². The van der Waals surface area contributed by atoms with Gasteiger partial charge in [-0.3, -0.25) is 9.69 Å². The standard InChI is InChI=1S/C33H36N6O/c1-25-21-26(2)30(33(40)39-19-17-38(18-20-39)32-10-6-4-8-29(32)24-35)22-27(25)11-12-36-13-15-37(16-14-36)31-9-5-3-7-28(31)23-34/h3-10,21-22H,11-20H2,1-2H3. The minimum atomic E-state index is 0.0942. The Morgan fingerprint density at radius 2 is 1.25 bits per heavy atom. The smallest absolute Gasteiger partial charge is 0.254 e. The number of anilines is 2. The number of nitrogens with zero attached hydrogens (tertiary/aromatic N) is 6. The number of aryl methyl sites for hydroxylation is 2. The molecule has 1 amide bonds. The predicted octanol–water partition coefficient (Wildman–Crippen LogP) is 4.37. The van der Waals surface area contributed by atoms with Crippen LogP contribution in [0.3, 0.4) is 0 Å². The van der Waals surface area contributed by atoms with Gasteiger partial charge in [0.1, 0.15) is 12.1 Å². The number of benzene rings is 3. The summed E-state index contributed by atoms with van der Waals surface area (Å²) < 4.78 is 0. The van der Waals surface area contributed by atoms with Crippen molar-refractivity contribution in [1.82, 2.24) is 9.80 Å². The Balaban J connectivity index is 1.18. The number of nitriles is 2. The Morgan fingerprint density at radius 3 is 1.80 bits per heavy atom. The molecule has 2 aliphatic rings. The number of para-hydroxylation sites is 2. The maximum Gasteiger partial charge on any atom is 0.254 e. The zero-order valence-corrected chi connectivity index (χ0v) is 23.4. The summed E-state index contributed by atoms with van der Waals surface area (Å²) in [6.45, 7) is 11.5. The number of hydrogen-bond donors (Lipinski definition) is 0. The van der Waals surface area contributed by atoms with Crippen molar-refractivity contribution in [2.45, 2.75) is 20.3 Å². The second-order valence-electron chi connectivity index (χ2n) is 10.7. The van der Waals surface area contributed by atoms with Crippen molar-refractivity contribution in [3.05, 3.63) is 94.0 Å². The number of hydrogen-bond acceptors (Lipinski definition) is 6. The fourth-order valence-electron chi connectivity index (χ4n) is 5.90. The number of amides is 1. The zero-order chi connectivity index (χ0) is 28.1. The van der Waals surface area contributed by atoms with Gasteiger partial charge >= 0.3 is 0 Å². The lowest BCUT2D eigenvalue weighted by Gasteiger charge is -2.37. The summed E-state index contributed by atoms with van der Waals surface area (Å²) in [7, 11) is 0. The molecular weight excluding hydrogens is 496 g/mol. The van der Waals surface area contributed by atoms with E-state index in [0.717, 1.165) is 67.2 Å². The quantitative estimate of drug-likeness (QED) is 0.469. The highest BCUT2D eigenvalue weighted by molar-refractivity contribution is 5.96. The Hall–Kier alpha value is -4.33. The van der Waals surface area contributed by atoms with Crippen LogP contribution >= 0.6 is 0 Å². The summed E-state index contributed by atoms with van der Waals surface area (Å²) in [5.74, 6) is 0.0942. The first kappa shape index (κ1) is 27.2. The fraction of sp³-hybridized carbons (Fsp3) is 0.364. The van der Waals surface area contributed by atoms with E-state index >= 15 is 0 Å². The number of piperazine rings is 2. The molecule has 40 heavy (non-hydrogen) atoms. The second-order valence-corrected chi connectivity index (χ2v) is 10.7. The first-order valence-electron chi connectivity index (χ1n) is 14.1. The molecule has 0 bridgehead atoms. The molecule has 3 aromatic rings. The van der Waals surface area contributed by atoms with Crippen molar-refractivity contribution in [2.75, 3.05) is 68.7 Å². The van der Waals surface area contributed by atoms with Crippen LogP contribution in [0.25, 0.3) is 0 Å². The summed E-state index contributed by atoms with van der Waals surface area (Å²) in [5, 5.41) is 18.9. The predicted molar refractivity (Wildman–Crippen MR) is 159 cm³/mol. The van der Waals surface area contributed by atoms with Crippen LogP contribution in [0.1, 0.15) is 38.2 Å². The maximum atomic E-state index is 13.6. The van der Waals surface area contributed by atoms with Crippen molar-refractivity contribution in [2.24, 2.45) is 0 Å². The summed E-state index contributed by atoms with van der Waals surface area (Å²) in [6.07, 6.45) is 0.903. The molecule has 0 saturated carbocycles. The molecule has 0 aromatic heterocycles. The molecule has 0 aliphatic carbocycles. The van der Waals surface area contributed by atoms with E-state index < -0.39 is 0 Å². The minimum absolute atomic E-state index is 0.0942. The third kappa shape index (κ3) is 5.81. The van der Waals surface area contributed by atoms with Crippen molar-refractivity contribution in [3.63, 3.8) is 0 Å². The van der Waals surface area contributed by atoms with Crippen LogP contribution in [-0.2, 0) is 6.42 Å². The van der Waals surface area contributed by atoms with Crippen LogP contribution in [0, 0.1) is 36.5 Å². The fourth-order valence-corrected chi connectivity index (χ4v) is 5.90. The van der Waals surface area contributed by atoms with Gasteiger partial charge in [-0.1, -0.05) is 30.3 Å². The average molecular weight is 533 g/mol. The molecule has 204 valence electrons. The zero-order valence-electron chi connectivity index (χ0n) is 23.4. The van der Waals surface area contributed by atoms with E-state index in [9.17, 15) is 15.3 Å². The van der Waals surface area contributed by atoms with Crippen LogP contribution < -0.4 is 9.80 Å². The van der Waals surface area contributed by atoms with Crippen LogP contribution in [0.15, 0.2) is 60.7 Å². The Morgan fingerprint density at radius 1 is 0.725 bits per heavy atom. The molecule has 0 unspecified atom stereocenters. The van der Waals surface area contributed by atoms with Crippen molar-refractivity contribution in [3.8, 4) is 12.1 Å². The minimum Gasteiger partial charge on any atom is -0.368 e. The molecule has 5 rings (SSSR count). The van der Waals surface area contributed by atoms with Gasteiger partial charge in [0.15, 0.2) is 0 Å². The number of carbonyl (C=O) groups is 1. The van der Waals surface area contributed by atoms with E-state index in [4.69, 9.17) is 0 Å². The highest BCUT2D eigenvalue weighted by Crippen LogP contribution is 2.24. The van der Waals surface area contributed by atoms with E-state index in [-0.39, 0.29) is 5.91 Å². The molecule has 0 N–H and O–H groups in total. The highest BCUT2D eigenvalue weighted by atomic mass is 16.2. The van der Waals surface area contributed by atoms with Gasteiger partial charge in [-0.15, -0.1) is 0 Å². The monoisotopic (exact) mass is 532 g/mol. The van der Waals surface area contributed by atoms with Gasteiger partial charge in [0.2, 0.25) is 0 Å². The summed E-state index contributed by atoms with van der Waals surface area (Å²) in [4.78, 5) is 22.5. The maximum absolute atomic E-state index is 13.6. The Bertz CT molecular complexity index is 1450. The molecular formula is C33H36N6O. The molecule has 3 aromatic carbocycles. The first-order valence-corrected chi connectivity index (χ1v) is 14.1. The van der Waals surface area contributed by atoms with Gasteiger partial charge in [-0.05, 0) is 67.3 Å². The molecule has 0 atom stereocenters. The normalized spacial score (nSPS) is 15.9. The number of carbonyl (C=O) groups excluding carboxylic acids is 1. The van der Waals surface area contributed by atoms with Crippen molar-refractivity contribution >= 4 is 17.3 Å². The molecule has 0 radical (unpaired) electrons. The van der Waals surface area contributed by atoms with Crippen LogP contribution in [0.2, 0.25) is 0 Å². The van der Waals surface area contributed by atoms with E-state index in [1.54, 1.807) is 0 Å². The molecule has 7 heteroatoms. The van der Waals surface area contributed by atoms with Crippen LogP contribution in [0.5, 0.6) is 0 Å². The van der Waals surface area contributed by atoms with Crippen molar-refractivity contribution in [1.29, 1.82) is 10.5 Å². The molecule has 2 heterocycles. The van der Waals surface area contributed by atoms with E-state index in [1.807, 2.05) is 60.4 Å². The summed E-state index contributed by atoms with van der Waals surface area (Å²) >= 11 is 0. The van der Waals surface area contributed by atoms with Gasteiger partial charge in [0, 0.05) is 64.5 Å². The second kappa shape index (κ2) is 12.2. The van der Waals surface area contributed by atoms with Crippen LogP contribution in [0.4, 0.5) is 11.4 Å². The lowest BCUT2D eigenvalue weighted by Crippen LogP contribution is -2.49. The van der Waals surface area contributed by atoms with Gasteiger partial charge in [0.05, 0.1) is 22.5 Å². The van der Waals surface area contributed by atoms with E-state index in [0.29, 0.717) is 31.7 Å². The van der Waals surface area contributed by atoms with E-state index in [2.05, 4.69) is 45.9 Å². The highest BCUT2D eigenvalue weighted by Gasteiger charge is 2.25. The van der Waals surface area contributed by atoms with Crippen molar-refractivity contribution < 1.29 is 4.79 Å². The lowest BCUT2D eigenvalue weighted by molar-refractivity contribution is 0.0746. The third-order valence-corrected chi connectivity index (χ3v) is 8.28. The Kier molecular flexibility index (Phi) is 8.34. The molecule has 2 fully saturated rings. The molecule has 2 aliphatic heterocycles. The van der Waals surface area contributed by atoms with Crippen LogP contribution in [-0.4, -0.2) is 74.6 Å². The summed E-state index contributed by atoms with van der Waals surface area (Å²) in [5.41, 5.74) is 7.66. The molecule has 2 saturated heterocycles. The lowest BCUT2D eigenvalue weighted by atomic mass is 9.96. The molecule has 7 nitrogen and oxygen atoms in total. The largest absolute Gasteiger partial charge is 0.368 e. The topological polar surface area (TPSA) is 77.6 Å². The van der Waals surface area contributed by atoms with Gasteiger partial charge in [0.25, 0.3) is 5.91 Å².